The lowest BCUT2D eigenvalue weighted by Crippen LogP contribution is -2.29. The number of thiophene rings is 1. The van der Waals surface area contributed by atoms with Crippen LogP contribution in [0.1, 0.15) is 26.3 Å². The molecule has 1 atom stereocenters. The Morgan fingerprint density at radius 2 is 2.14 bits per heavy atom. The summed E-state index contributed by atoms with van der Waals surface area (Å²) in [7, 11) is 0. The van der Waals surface area contributed by atoms with Gasteiger partial charge in [0.05, 0.1) is 11.6 Å². The van der Waals surface area contributed by atoms with Gasteiger partial charge in [-0.3, -0.25) is 9.78 Å². The van der Waals surface area contributed by atoms with Crippen molar-refractivity contribution in [1.82, 2.24) is 15.3 Å². The molecule has 0 aromatic carbocycles. The molecule has 0 fully saturated rings. The number of carbonyl (C=O) groups is 1. The summed E-state index contributed by atoms with van der Waals surface area (Å²) >= 11 is 3.24. The van der Waals surface area contributed by atoms with Crippen LogP contribution in [-0.4, -0.2) is 15.9 Å². The van der Waals surface area contributed by atoms with Crippen molar-refractivity contribution in [3.8, 4) is 0 Å². The number of carbonyl (C=O) groups excluding carboxylic acids is 1. The SMILES string of the molecule is O=C(N[C@@H](Cc1cccs1)c1nccs1)c1cccnc1. The highest BCUT2D eigenvalue weighted by Gasteiger charge is 2.19. The van der Waals surface area contributed by atoms with E-state index in [9.17, 15) is 4.79 Å². The van der Waals surface area contributed by atoms with E-state index in [0.29, 0.717) is 5.56 Å². The fourth-order valence-electron chi connectivity index (χ4n) is 1.98. The molecule has 0 aliphatic rings. The monoisotopic (exact) mass is 315 g/mol. The molecule has 0 saturated heterocycles. The van der Waals surface area contributed by atoms with E-state index in [1.165, 1.54) is 4.88 Å². The summed E-state index contributed by atoms with van der Waals surface area (Å²) in [6.07, 6.45) is 5.73. The molecule has 1 N–H and O–H groups in total. The summed E-state index contributed by atoms with van der Waals surface area (Å²) in [6.45, 7) is 0. The molecule has 3 heterocycles. The molecule has 4 nitrogen and oxygen atoms in total. The van der Waals surface area contributed by atoms with Gasteiger partial charge >= 0.3 is 0 Å². The number of thiazole rings is 1. The third-order valence-electron chi connectivity index (χ3n) is 2.96. The van der Waals surface area contributed by atoms with Gasteiger partial charge in [0, 0.05) is 35.3 Å². The quantitative estimate of drug-likeness (QED) is 0.786. The molecule has 0 spiro atoms. The van der Waals surface area contributed by atoms with Crippen LogP contribution in [0.2, 0.25) is 0 Å². The van der Waals surface area contributed by atoms with E-state index in [-0.39, 0.29) is 11.9 Å². The topological polar surface area (TPSA) is 54.9 Å². The first-order valence-electron chi connectivity index (χ1n) is 6.45. The van der Waals surface area contributed by atoms with Gasteiger partial charge in [-0.15, -0.1) is 22.7 Å². The molecule has 3 aromatic heterocycles. The molecule has 0 saturated carbocycles. The summed E-state index contributed by atoms with van der Waals surface area (Å²) in [5.74, 6) is -0.125. The maximum absolute atomic E-state index is 12.3. The van der Waals surface area contributed by atoms with Gasteiger partial charge in [0.1, 0.15) is 5.01 Å². The van der Waals surface area contributed by atoms with Crippen LogP contribution in [0.15, 0.2) is 53.6 Å². The lowest BCUT2D eigenvalue weighted by atomic mass is 10.1. The summed E-state index contributed by atoms with van der Waals surface area (Å²) in [4.78, 5) is 21.8. The second-order valence-corrected chi connectivity index (χ2v) is 6.38. The minimum Gasteiger partial charge on any atom is -0.342 e. The van der Waals surface area contributed by atoms with Crippen LogP contribution in [0, 0.1) is 0 Å². The molecular weight excluding hydrogens is 302 g/mol. The van der Waals surface area contributed by atoms with Gasteiger partial charge in [0.15, 0.2) is 0 Å². The molecule has 1 amide bonds. The van der Waals surface area contributed by atoms with Gasteiger partial charge in [-0.2, -0.15) is 0 Å². The van der Waals surface area contributed by atoms with Crippen molar-refractivity contribution in [3.05, 3.63) is 69.1 Å². The summed E-state index contributed by atoms with van der Waals surface area (Å²) in [6, 6.07) is 7.49. The highest BCUT2D eigenvalue weighted by molar-refractivity contribution is 7.10. The molecule has 0 unspecified atom stereocenters. The fourth-order valence-corrected chi connectivity index (χ4v) is 3.42. The Balaban J connectivity index is 1.78. The van der Waals surface area contributed by atoms with Crippen molar-refractivity contribution in [2.24, 2.45) is 0 Å². The minimum absolute atomic E-state index is 0.114. The van der Waals surface area contributed by atoms with Gasteiger partial charge in [-0.25, -0.2) is 4.98 Å². The molecule has 3 aromatic rings. The number of nitrogens with zero attached hydrogens (tertiary/aromatic N) is 2. The van der Waals surface area contributed by atoms with Crippen LogP contribution in [0.4, 0.5) is 0 Å². The zero-order valence-electron chi connectivity index (χ0n) is 11.1. The van der Waals surface area contributed by atoms with Gasteiger partial charge in [0.25, 0.3) is 5.91 Å². The Morgan fingerprint density at radius 1 is 1.19 bits per heavy atom. The van der Waals surface area contributed by atoms with Crippen LogP contribution in [0.25, 0.3) is 0 Å². The minimum atomic E-state index is -0.125. The summed E-state index contributed by atoms with van der Waals surface area (Å²) < 4.78 is 0. The fraction of sp³-hybridized carbons (Fsp3) is 0.133. The summed E-state index contributed by atoms with van der Waals surface area (Å²) in [5.41, 5.74) is 0.560. The third kappa shape index (κ3) is 3.53. The maximum atomic E-state index is 12.3. The van der Waals surface area contributed by atoms with E-state index >= 15 is 0 Å². The first kappa shape index (κ1) is 13.9. The molecule has 3 rings (SSSR count). The molecule has 0 radical (unpaired) electrons. The first-order chi connectivity index (χ1) is 10.3. The van der Waals surface area contributed by atoms with Gasteiger partial charge in [0.2, 0.25) is 0 Å². The molecular formula is C15H13N3OS2. The Bertz CT molecular complexity index is 681. The number of pyridine rings is 1. The number of rotatable bonds is 5. The largest absolute Gasteiger partial charge is 0.342 e. The van der Waals surface area contributed by atoms with Crippen molar-refractivity contribution in [2.75, 3.05) is 0 Å². The molecule has 0 bridgehead atoms. The van der Waals surface area contributed by atoms with Crippen LogP contribution in [0.3, 0.4) is 0 Å². The van der Waals surface area contributed by atoms with Crippen LogP contribution in [-0.2, 0) is 6.42 Å². The van der Waals surface area contributed by atoms with Crippen LogP contribution in [0.5, 0.6) is 0 Å². The van der Waals surface area contributed by atoms with Crippen molar-refractivity contribution < 1.29 is 4.79 Å². The molecule has 0 aliphatic heterocycles. The highest BCUT2D eigenvalue weighted by Crippen LogP contribution is 2.23. The zero-order chi connectivity index (χ0) is 14.5. The number of aromatic nitrogens is 2. The zero-order valence-corrected chi connectivity index (χ0v) is 12.7. The highest BCUT2D eigenvalue weighted by atomic mass is 32.1. The predicted molar refractivity (Wildman–Crippen MR) is 84.6 cm³/mol. The Kier molecular flexibility index (Phi) is 4.37. The standard InChI is InChI=1S/C15H13N3OS2/c19-14(11-3-1-5-16-10-11)18-13(15-17-6-8-21-15)9-12-4-2-7-20-12/h1-8,10,13H,9H2,(H,18,19)/t13-/m0/s1. The van der Waals surface area contributed by atoms with Gasteiger partial charge in [-0.05, 0) is 23.6 Å². The lowest BCUT2D eigenvalue weighted by molar-refractivity contribution is 0.0936. The lowest BCUT2D eigenvalue weighted by Gasteiger charge is -2.15. The molecule has 106 valence electrons. The number of amides is 1. The van der Waals surface area contributed by atoms with Crippen molar-refractivity contribution >= 4 is 28.6 Å². The van der Waals surface area contributed by atoms with E-state index in [1.807, 2.05) is 16.8 Å². The Morgan fingerprint density at radius 3 is 2.81 bits per heavy atom. The average molecular weight is 315 g/mol. The van der Waals surface area contributed by atoms with Crippen LogP contribution >= 0.6 is 22.7 Å². The van der Waals surface area contributed by atoms with E-state index < -0.39 is 0 Å². The second kappa shape index (κ2) is 6.60. The maximum Gasteiger partial charge on any atom is 0.253 e. The summed E-state index contributed by atoms with van der Waals surface area (Å²) in [5, 5.41) is 7.93. The van der Waals surface area contributed by atoms with Crippen molar-refractivity contribution in [3.63, 3.8) is 0 Å². The predicted octanol–water partition coefficient (Wildman–Crippen LogP) is 3.31. The first-order valence-corrected chi connectivity index (χ1v) is 8.21. The van der Waals surface area contributed by atoms with E-state index in [0.717, 1.165) is 11.4 Å². The molecule has 0 aliphatic carbocycles. The van der Waals surface area contributed by atoms with E-state index in [4.69, 9.17) is 0 Å². The second-order valence-electron chi connectivity index (χ2n) is 4.42. The van der Waals surface area contributed by atoms with Crippen LogP contribution < -0.4 is 5.32 Å². The Hall–Kier alpha value is -2.05. The van der Waals surface area contributed by atoms with Crippen molar-refractivity contribution in [1.29, 1.82) is 0 Å². The molecule has 21 heavy (non-hydrogen) atoms. The number of hydrogen-bond donors (Lipinski definition) is 1. The smallest absolute Gasteiger partial charge is 0.253 e. The van der Waals surface area contributed by atoms with Gasteiger partial charge < -0.3 is 5.32 Å². The number of hydrogen-bond acceptors (Lipinski definition) is 5. The van der Waals surface area contributed by atoms with Gasteiger partial charge in [-0.1, -0.05) is 6.07 Å². The van der Waals surface area contributed by atoms with E-state index in [1.54, 1.807) is 53.4 Å². The van der Waals surface area contributed by atoms with Crippen molar-refractivity contribution in [2.45, 2.75) is 12.5 Å². The average Bonchev–Trinajstić information content (AvgIpc) is 3.21. The third-order valence-corrected chi connectivity index (χ3v) is 4.75. The number of nitrogens with one attached hydrogen (secondary N) is 1. The Labute approximate surface area is 130 Å². The van der Waals surface area contributed by atoms with E-state index in [2.05, 4.69) is 21.4 Å². The molecule has 6 heteroatoms. The normalized spacial score (nSPS) is 12.0.